The van der Waals surface area contributed by atoms with E-state index in [-0.39, 0.29) is 35.2 Å². The van der Waals surface area contributed by atoms with Gasteiger partial charge < -0.3 is 10.5 Å². The largest absolute Gasteiger partial charge is 0.469 e. The van der Waals surface area contributed by atoms with Crippen LogP contribution in [0.3, 0.4) is 0 Å². The Hall–Kier alpha value is -2.00. The summed E-state index contributed by atoms with van der Waals surface area (Å²) in [5.41, 5.74) is 5.71. The summed E-state index contributed by atoms with van der Waals surface area (Å²) in [4.78, 5) is 11.2. The molecule has 0 unspecified atom stereocenters. The van der Waals surface area contributed by atoms with E-state index < -0.39 is 12.4 Å². The number of methoxy groups -OCH3 is 1. The number of hydrogen-bond donors (Lipinski definition) is 1. The van der Waals surface area contributed by atoms with E-state index in [1.165, 1.54) is 13.2 Å². The molecule has 0 aliphatic heterocycles. The van der Waals surface area contributed by atoms with Gasteiger partial charge in [0, 0.05) is 12.1 Å². The molecule has 0 spiro atoms. The van der Waals surface area contributed by atoms with Crippen LogP contribution in [0.15, 0.2) is 12.1 Å². The number of nitriles is 1. The zero-order valence-corrected chi connectivity index (χ0v) is 9.74. The molecule has 0 bridgehead atoms. The van der Waals surface area contributed by atoms with Crippen molar-refractivity contribution in [3.05, 3.63) is 34.4 Å². The topological polar surface area (TPSA) is 76.1 Å². The number of nitrogens with zero attached hydrogens (tertiary/aromatic N) is 1. The van der Waals surface area contributed by atoms with Gasteiger partial charge in [-0.2, -0.15) is 5.26 Å². The predicted octanol–water partition coefficient (Wildman–Crippen LogP) is 1.67. The highest BCUT2D eigenvalue weighted by Gasteiger charge is 2.20. The lowest BCUT2D eigenvalue weighted by Gasteiger charge is -2.14. The number of nitrogens with two attached hydrogens (primary N) is 1. The first-order valence-electron chi connectivity index (χ1n) is 5.14. The van der Waals surface area contributed by atoms with E-state index in [0.717, 1.165) is 6.07 Å². The molecule has 18 heavy (non-hydrogen) atoms. The molecule has 0 radical (unpaired) electrons. The minimum absolute atomic E-state index is 0.0819. The van der Waals surface area contributed by atoms with Gasteiger partial charge in [0.25, 0.3) is 6.43 Å². The Balaban J connectivity index is 3.39. The highest BCUT2D eigenvalue weighted by molar-refractivity contribution is 5.74. The maximum atomic E-state index is 12.9. The fourth-order valence-electron chi connectivity index (χ4n) is 1.68. The summed E-state index contributed by atoms with van der Waals surface area (Å²) in [6.07, 6.45) is -3.05. The first kappa shape index (κ1) is 14.1. The monoisotopic (exact) mass is 254 g/mol. The average molecular weight is 254 g/mol. The molecule has 0 aliphatic rings. The van der Waals surface area contributed by atoms with Crippen LogP contribution in [0.25, 0.3) is 0 Å². The molecule has 0 amide bonds. The van der Waals surface area contributed by atoms with Crippen LogP contribution in [0.4, 0.5) is 8.78 Å². The van der Waals surface area contributed by atoms with E-state index in [9.17, 15) is 13.6 Å². The second-order valence-corrected chi connectivity index (χ2v) is 3.53. The van der Waals surface area contributed by atoms with Crippen molar-refractivity contribution in [3.8, 4) is 6.07 Å². The normalized spacial score (nSPS) is 10.2. The summed E-state index contributed by atoms with van der Waals surface area (Å²) in [5.74, 6) is -0.651. The Bertz CT molecular complexity index is 496. The molecule has 6 heteroatoms. The highest BCUT2D eigenvalue weighted by Crippen LogP contribution is 2.28. The van der Waals surface area contributed by atoms with Crippen LogP contribution in [-0.2, 0) is 22.5 Å². The third-order valence-corrected chi connectivity index (χ3v) is 2.58. The third-order valence-electron chi connectivity index (χ3n) is 2.58. The van der Waals surface area contributed by atoms with Crippen molar-refractivity contribution < 1.29 is 18.3 Å². The van der Waals surface area contributed by atoms with Crippen molar-refractivity contribution in [2.45, 2.75) is 19.4 Å². The summed E-state index contributed by atoms with van der Waals surface area (Å²) in [6.45, 7) is -0.0875. The van der Waals surface area contributed by atoms with Crippen LogP contribution in [0.2, 0.25) is 0 Å². The zero-order chi connectivity index (χ0) is 13.7. The van der Waals surface area contributed by atoms with Crippen molar-refractivity contribution in [3.63, 3.8) is 0 Å². The van der Waals surface area contributed by atoms with Gasteiger partial charge in [0.05, 0.1) is 25.2 Å². The molecule has 0 heterocycles. The second kappa shape index (κ2) is 6.07. The maximum Gasteiger partial charge on any atom is 0.310 e. The first-order chi connectivity index (χ1) is 8.54. The van der Waals surface area contributed by atoms with Gasteiger partial charge in [0.2, 0.25) is 0 Å². The lowest BCUT2D eigenvalue weighted by atomic mass is 9.94. The molecule has 0 saturated heterocycles. The molecule has 1 aromatic rings. The van der Waals surface area contributed by atoms with Crippen LogP contribution in [-0.4, -0.2) is 13.1 Å². The Morgan fingerprint density at radius 2 is 2.17 bits per heavy atom. The van der Waals surface area contributed by atoms with E-state index in [1.54, 1.807) is 0 Å². The van der Waals surface area contributed by atoms with E-state index in [1.807, 2.05) is 6.07 Å². The number of benzene rings is 1. The lowest BCUT2D eigenvalue weighted by molar-refractivity contribution is -0.139. The second-order valence-electron chi connectivity index (χ2n) is 3.53. The molecular formula is C12H12F2N2O2. The number of esters is 1. The van der Waals surface area contributed by atoms with Crippen molar-refractivity contribution in [1.29, 1.82) is 5.26 Å². The number of rotatable bonds is 4. The highest BCUT2D eigenvalue weighted by atomic mass is 19.3. The van der Waals surface area contributed by atoms with Crippen LogP contribution >= 0.6 is 0 Å². The van der Waals surface area contributed by atoms with E-state index in [0.29, 0.717) is 0 Å². The number of alkyl halides is 2. The lowest BCUT2D eigenvalue weighted by Crippen LogP contribution is -2.13. The Kier molecular flexibility index (Phi) is 4.75. The number of hydrogen-bond acceptors (Lipinski definition) is 4. The van der Waals surface area contributed by atoms with E-state index in [4.69, 9.17) is 11.0 Å². The molecule has 0 aliphatic carbocycles. The SMILES string of the molecule is COC(=O)Cc1c(C(F)F)ccc(C#N)c1CN. The number of halogens is 2. The fourth-order valence-corrected chi connectivity index (χ4v) is 1.68. The third kappa shape index (κ3) is 2.81. The Labute approximate surface area is 103 Å². The molecule has 0 atom stereocenters. The van der Waals surface area contributed by atoms with Gasteiger partial charge >= 0.3 is 5.97 Å². The Morgan fingerprint density at radius 3 is 2.61 bits per heavy atom. The molecule has 2 N–H and O–H groups in total. The number of ether oxygens (including phenoxy) is 1. The first-order valence-corrected chi connectivity index (χ1v) is 5.14. The number of carbonyl (C=O) groups is 1. The molecule has 1 aromatic carbocycles. The maximum absolute atomic E-state index is 12.9. The molecule has 0 fully saturated rings. The van der Waals surface area contributed by atoms with Gasteiger partial charge in [-0.1, -0.05) is 6.07 Å². The standard InChI is InChI=1S/C12H12F2N2O2/c1-18-11(17)4-9-8(12(13)14)3-2-7(5-15)10(9)6-16/h2-3,12H,4,6,16H2,1H3. The molecule has 96 valence electrons. The minimum atomic E-state index is -2.73. The summed E-state index contributed by atoms with van der Waals surface area (Å²) < 4.78 is 30.2. The summed E-state index contributed by atoms with van der Waals surface area (Å²) in [5, 5.41) is 8.89. The van der Waals surface area contributed by atoms with Crippen LogP contribution in [0.5, 0.6) is 0 Å². The fraction of sp³-hybridized carbons (Fsp3) is 0.333. The smallest absolute Gasteiger partial charge is 0.310 e. The summed E-state index contributed by atoms with van der Waals surface area (Å²) in [7, 11) is 1.17. The van der Waals surface area contributed by atoms with Gasteiger partial charge in [-0.3, -0.25) is 4.79 Å². The van der Waals surface area contributed by atoms with E-state index in [2.05, 4.69) is 4.74 Å². The number of carbonyl (C=O) groups excluding carboxylic acids is 1. The van der Waals surface area contributed by atoms with Crippen molar-refractivity contribution in [2.75, 3.05) is 7.11 Å². The minimum Gasteiger partial charge on any atom is -0.469 e. The molecule has 0 saturated carbocycles. The van der Waals surface area contributed by atoms with Crippen molar-refractivity contribution in [1.82, 2.24) is 0 Å². The van der Waals surface area contributed by atoms with E-state index >= 15 is 0 Å². The molecule has 4 nitrogen and oxygen atoms in total. The summed E-state index contributed by atoms with van der Waals surface area (Å²) in [6, 6.07) is 4.29. The van der Waals surface area contributed by atoms with Gasteiger partial charge in [-0.15, -0.1) is 0 Å². The zero-order valence-electron chi connectivity index (χ0n) is 9.74. The van der Waals surface area contributed by atoms with Gasteiger partial charge in [-0.05, 0) is 17.2 Å². The van der Waals surface area contributed by atoms with Crippen molar-refractivity contribution in [2.24, 2.45) is 5.73 Å². The molecule has 1 rings (SSSR count). The van der Waals surface area contributed by atoms with Gasteiger partial charge in [0.1, 0.15) is 0 Å². The van der Waals surface area contributed by atoms with Gasteiger partial charge in [-0.25, -0.2) is 8.78 Å². The van der Waals surface area contributed by atoms with Gasteiger partial charge in [0.15, 0.2) is 0 Å². The molecule has 0 aromatic heterocycles. The van der Waals surface area contributed by atoms with Crippen molar-refractivity contribution >= 4 is 5.97 Å². The summed E-state index contributed by atoms with van der Waals surface area (Å²) >= 11 is 0. The predicted molar refractivity (Wildman–Crippen MR) is 59.7 cm³/mol. The average Bonchev–Trinajstić information content (AvgIpc) is 2.37. The molecular weight excluding hydrogens is 242 g/mol. The van der Waals surface area contributed by atoms with Crippen LogP contribution < -0.4 is 5.73 Å². The Morgan fingerprint density at radius 1 is 1.50 bits per heavy atom. The van der Waals surface area contributed by atoms with Crippen LogP contribution in [0, 0.1) is 11.3 Å². The quantitative estimate of drug-likeness (QED) is 0.829. The van der Waals surface area contributed by atoms with Crippen LogP contribution in [0.1, 0.15) is 28.7 Å².